The van der Waals surface area contributed by atoms with Crippen molar-refractivity contribution in [2.24, 2.45) is 0 Å². The van der Waals surface area contributed by atoms with Crippen LogP contribution in [0.1, 0.15) is 18.2 Å². The Morgan fingerprint density at radius 1 is 1.45 bits per heavy atom. The Hall–Kier alpha value is -1.04. The van der Waals surface area contributed by atoms with E-state index in [4.69, 9.17) is 11.6 Å². The quantitative estimate of drug-likeness (QED) is 0.839. The second kappa shape index (κ2) is 6.61. The lowest BCUT2D eigenvalue weighted by Crippen LogP contribution is -2.22. The molecule has 0 spiro atoms. The van der Waals surface area contributed by atoms with E-state index in [9.17, 15) is 4.79 Å². The Morgan fingerprint density at radius 3 is 2.85 bits per heavy atom. The third-order valence-corrected chi connectivity index (χ3v) is 5.13. The highest BCUT2D eigenvalue weighted by Crippen LogP contribution is 2.28. The highest BCUT2D eigenvalue weighted by atomic mass is 35.5. The average Bonchev–Trinajstić information content (AvgIpc) is 2.79. The normalized spacial score (nSPS) is 12.2. The lowest BCUT2D eigenvalue weighted by molar-refractivity contribution is -0.115. The van der Waals surface area contributed by atoms with Crippen LogP contribution in [-0.4, -0.2) is 16.1 Å². The van der Waals surface area contributed by atoms with Gasteiger partial charge in [0.2, 0.25) is 5.91 Å². The first kappa shape index (κ1) is 15.4. The molecule has 3 nitrogen and oxygen atoms in total. The monoisotopic (exact) mass is 326 g/mol. The Bertz CT molecular complexity index is 627. The summed E-state index contributed by atoms with van der Waals surface area (Å²) < 4.78 is 0.910. The zero-order valence-electron chi connectivity index (χ0n) is 11.4. The number of carbonyl (C=O) groups excluding carboxylic acids is 1. The van der Waals surface area contributed by atoms with Crippen LogP contribution in [0.4, 0.5) is 5.69 Å². The minimum atomic E-state index is -0.209. The molecule has 20 heavy (non-hydrogen) atoms. The minimum Gasteiger partial charge on any atom is -0.325 e. The number of aryl methyl sites for hydroxylation is 2. The van der Waals surface area contributed by atoms with Gasteiger partial charge in [0.05, 0.1) is 5.25 Å². The number of anilines is 1. The van der Waals surface area contributed by atoms with Crippen molar-refractivity contribution in [3.05, 3.63) is 39.9 Å². The molecule has 1 N–H and O–H groups in total. The lowest BCUT2D eigenvalue weighted by Gasteiger charge is -2.12. The lowest BCUT2D eigenvalue weighted by atomic mass is 10.2. The number of nitrogens with zero attached hydrogens (tertiary/aromatic N) is 1. The standard InChI is InChI=1S/C14H15ClN2OS2/c1-8-4-5-11(15)6-12(8)17-13(18)10(3)20-14-16-9(2)7-19-14/h4-7,10H,1-3H3,(H,17,18)/t10-/m1/s1. The average molecular weight is 327 g/mol. The fourth-order valence-electron chi connectivity index (χ4n) is 1.55. The Morgan fingerprint density at radius 2 is 2.20 bits per heavy atom. The van der Waals surface area contributed by atoms with Crippen LogP contribution in [0.2, 0.25) is 5.02 Å². The number of benzene rings is 1. The molecule has 2 aromatic rings. The SMILES string of the molecule is Cc1csc(S[C@H](C)C(=O)Nc2cc(Cl)ccc2C)n1. The Labute approximate surface area is 131 Å². The van der Waals surface area contributed by atoms with Gasteiger partial charge in [-0.25, -0.2) is 4.98 Å². The molecule has 0 radical (unpaired) electrons. The summed E-state index contributed by atoms with van der Waals surface area (Å²) in [5.74, 6) is -0.0479. The van der Waals surface area contributed by atoms with E-state index in [2.05, 4.69) is 10.3 Å². The van der Waals surface area contributed by atoms with E-state index in [0.717, 1.165) is 21.3 Å². The summed E-state index contributed by atoms with van der Waals surface area (Å²) in [5.41, 5.74) is 2.73. The van der Waals surface area contributed by atoms with Crippen LogP contribution in [0.5, 0.6) is 0 Å². The van der Waals surface area contributed by atoms with Gasteiger partial charge in [-0.15, -0.1) is 11.3 Å². The molecule has 1 amide bonds. The van der Waals surface area contributed by atoms with E-state index in [0.29, 0.717) is 5.02 Å². The number of thiazole rings is 1. The predicted octanol–water partition coefficient (Wildman–Crippen LogP) is 4.53. The summed E-state index contributed by atoms with van der Waals surface area (Å²) >= 11 is 8.97. The third kappa shape index (κ3) is 3.98. The first-order chi connectivity index (χ1) is 9.45. The fraction of sp³-hybridized carbons (Fsp3) is 0.286. The molecule has 0 aliphatic carbocycles. The van der Waals surface area contributed by atoms with Crippen molar-refractivity contribution in [2.75, 3.05) is 5.32 Å². The minimum absolute atomic E-state index is 0.0479. The fourth-order valence-corrected chi connectivity index (χ4v) is 3.71. The van der Waals surface area contributed by atoms with E-state index in [1.165, 1.54) is 11.8 Å². The van der Waals surface area contributed by atoms with Crippen molar-refractivity contribution in [3.63, 3.8) is 0 Å². The van der Waals surface area contributed by atoms with Gasteiger partial charge in [-0.05, 0) is 38.5 Å². The molecule has 2 rings (SSSR count). The molecule has 1 atom stereocenters. The summed E-state index contributed by atoms with van der Waals surface area (Å²) in [6.45, 7) is 5.76. The van der Waals surface area contributed by atoms with E-state index in [1.54, 1.807) is 17.4 Å². The Kier molecular flexibility index (Phi) is 5.07. The van der Waals surface area contributed by atoms with Crippen LogP contribution in [0.25, 0.3) is 0 Å². The van der Waals surface area contributed by atoms with Crippen LogP contribution in [-0.2, 0) is 4.79 Å². The molecular formula is C14H15ClN2OS2. The molecule has 6 heteroatoms. The highest BCUT2D eigenvalue weighted by molar-refractivity contribution is 8.02. The summed E-state index contributed by atoms with van der Waals surface area (Å²) in [6, 6.07) is 5.46. The van der Waals surface area contributed by atoms with Gasteiger partial charge in [0.15, 0.2) is 4.34 Å². The second-order valence-corrected chi connectivity index (χ2v) is 7.35. The van der Waals surface area contributed by atoms with Gasteiger partial charge >= 0.3 is 0 Å². The van der Waals surface area contributed by atoms with Gasteiger partial charge in [-0.1, -0.05) is 29.4 Å². The van der Waals surface area contributed by atoms with E-state index >= 15 is 0 Å². The maximum absolute atomic E-state index is 12.2. The number of amides is 1. The summed E-state index contributed by atoms with van der Waals surface area (Å²) in [7, 11) is 0. The number of hydrogen-bond donors (Lipinski definition) is 1. The van der Waals surface area contributed by atoms with Crippen molar-refractivity contribution in [2.45, 2.75) is 30.4 Å². The molecule has 1 aromatic carbocycles. The van der Waals surface area contributed by atoms with E-state index in [-0.39, 0.29) is 11.2 Å². The molecule has 0 aliphatic heterocycles. The first-order valence-electron chi connectivity index (χ1n) is 6.11. The van der Waals surface area contributed by atoms with Crippen molar-refractivity contribution in [1.29, 1.82) is 0 Å². The van der Waals surface area contributed by atoms with Crippen molar-refractivity contribution < 1.29 is 4.79 Å². The molecule has 0 saturated heterocycles. The predicted molar refractivity (Wildman–Crippen MR) is 87.0 cm³/mol. The number of thioether (sulfide) groups is 1. The molecular weight excluding hydrogens is 312 g/mol. The molecule has 0 saturated carbocycles. The summed E-state index contributed by atoms with van der Waals surface area (Å²) in [6.07, 6.45) is 0. The molecule has 1 heterocycles. The van der Waals surface area contributed by atoms with Gasteiger partial charge in [-0.2, -0.15) is 0 Å². The Balaban J connectivity index is 2.02. The maximum atomic E-state index is 12.2. The molecule has 0 fully saturated rings. The van der Waals surface area contributed by atoms with Gasteiger partial charge in [0, 0.05) is 21.8 Å². The summed E-state index contributed by atoms with van der Waals surface area (Å²) in [5, 5.41) is 5.29. The number of halogens is 1. The first-order valence-corrected chi connectivity index (χ1v) is 8.25. The van der Waals surface area contributed by atoms with Crippen LogP contribution < -0.4 is 5.32 Å². The van der Waals surface area contributed by atoms with E-state index in [1.807, 2.05) is 38.3 Å². The molecule has 0 aliphatic rings. The largest absolute Gasteiger partial charge is 0.325 e. The van der Waals surface area contributed by atoms with Crippen LogP contribution in [0.3, 0.4) is 0 Å². The zero-order valence-corrected chi connectivity index (χ0v) is 13.8. The van der Waals surface area contributed by atoms with E-state index < -0.39 is 0 Å². The summed E-state index contributed by atoms with van der Waals surface area (Å²) in [4.78, 5) is 16.5. The van der Waals surface area contributed by atoms with Gasteiger partial charge < -0.3 is 5.32 Å². The maximum Gasteiger partial charge on any atom is 0.237 e. The number of nitrogens with one attached hydrogen (secondary N) is 1. The van der Waals surface area contributed by atoms with Gasteiger partial charge in [0.25, 0.3) is 0 Å². The number of hydrogen-bond acceptors (Lipinski definition) is 4. The van der Waals surface area contributed by atoms with Gasteiger partial charge in [-0.3, -0.25) is 4.79 Å². The zero-order chi connectivity index (χ0) is 14.7. The molecule has 1 aromatic heterocycles. The molecule has 106 valence electrons. The topological polar surface area (TPSA) is 42.0 Å². The van der Waals surface area contributed by atoms with Crippen molar-refractivity contribution in [1.82, 2.24) is 4.98 Å². The van der Waals surface area contributed by atoms with Crippen LogP contribution in [0, 0.1) is 13.8 Å². The number of aromatic nitrogens is 1. The molecule has 0 unspecified atom stereocenters. The van der Waals surface area contributed by atoms with Crippen molar-refractivity contribution in [3.8, 4) is 0 Å². The van der Waals surface area contributed by atoms with Crippen LogP contribution >= 0.6 is 34.7 Å². The molecule has 0 bridgehead atoms. The number of carbonyl (C=O) groups is 1. The van der Waals surface area contributed by atoms with Crippen molar-refractivity contribution >= 4 is 46.3 Å². The second-order valence-electron chi connectivity index (χ2n) is 4.46. The van der Waals surface area contributed by atoms with Gasteiger partial charge in [0.1, 0.15) is 0 Å². The smallest absolute Gasteiger partial charge is 0.237 e. The number of rotatable bonds is 4. The van der Waals surface area contributed by atoms with Crippen LogP contribution in [0.15, 0.2) is 27.9 Å². The third-order valence-electron chi connectivity index (χ3n) is 2.70. The highest BCUT2D eigenvalue weighted by Gasteiger charge is 2.17.